The number of rotatable bonds is 5. The first-order valence-corrected chi connectivity index (χ1v) is 9.73. The number of hydrogen-bond donors (Lipinski definition) is 0. The molecule has 0 saturated carbocycles. The zero-order valence-electron chi connectivity index (χ0n) is 16.1. The molecule has 140 valence electrons. The lowest BCUT2D eigenvalue weighted by Gasteiger charge is -2.34. The van der Waals surface area contributed by atoms with Crippen LogP contribution in [0.3, 0.4) is 0 Å². The second-order valence-electron chi connectivity index (χ2n) is 7.52. The molecule has 1 aromatic rings. The zero-order valence-corrected chi connectivity index (χ0v) is 16.1. The van der Waals surface area contributed by atoms with Crippen molar-refractivity contribution in [1.82, 2.24) is 19.6 Å². The van der Waals surface area contributed by atoms with Crippen molar-refractivity contribution < 1.29 is 9.53 Å². The van der Waals surface area contributed by atoms with Crippen LogP contribution < -0.4 is 0 Å². The van der Waals surface area contributed by atoms with Gasteiger partial charge in [-0.25, -0.2) is 0 Å². The second kappa shape index (κ2) is 7.87. The lowest BCUT2D eigenvalue weighted by atomic mass is 9.99. The summed E-state index contributed by atoms with van der Waals surface area (Å²) in [5.74, 6) is 1.02. The Labute approximate surface area is 151 Å². The summed E-state index contributed by atoms with van der Waals surface area (Å²) < 4.78 is 7.36. The number of nitrogens with zero attached hydrogens (tertiary/aromatic N) is 4. The first-order valence-electron chi connectivity index (χ1n) is 9.73. The van der Waals surface area contributed by atoms with Crippen molar-refractivity contribution in [3.63, 3.8) is 0 Å². The molecule has 3 heterocycles. The molecule has 25 heavy (non-hydrogen) atoms. The van der Waals surface area contributed by atoms with E-state index in [1.54, 1.807) is 0 Å². The lowest BCUT2D eigenvalue weighted by molar-refractivity contribution is 0.0102. The van der Waals surface area contributed by atoms with E-state index in [1.807, 2.05) is 22.6 Å². The molecule has 0 spiro atoms. The quantitative estimate of drug-likeness (QED) is 0.819. The molecule has 6 nitrogen and oxygen atoms in total. The van der Waals surface area contributed by atoms with Crippen molar-refractivity contribution in [3.8, 4) is 0 Å². The van der Waals surface area contributed by atoms with E-state index in [2.05, 4.69) is 30.8 Å². The molecule has 1 amide bonds. The molecule has 0 aromatic carbocycles. The predicted molar refractivity (Wildman–Crippen MR) is 97.9 cm³/mol. The molecular weight excluding hydrogens is 316 g/mol. The Morgan fingerprint density at radius 2 is 2.00 bits per heavy atom. The molecule has 2 aliphatic heterocycles. The molecule has 2 saturated heterocycles. The topological polar surface area (TPSA) is 50.6 Å². The summed E-state index contributed by atoms with van der Waals surface area (Å²) in [5, 5.41) is 4.61. The van der Waals surface area contributed by atoms with Gasteiger partial charge in [-0.05, 0) is 24.8 Å². The molecule has 0 unspecified atom stereocenters. The maximum Gasteiger partial charge on any atom is 0.272 e. The fraction of sp³-hybridized carbons (Fsp3) is 0.789. The summed E-state index contributed by atoms with van der Waals surface area (Å²) in [6, 6.07) is 2.44. The first-order chi connectivity index (χ1) is 12.0. The molecule has 1 aromatic heterocycles. The first kappa shape index (κ1) is 18.4. The summed E-state index contributed by atoms with van der Waals surface area (Å²) in [7, 11) is 0. The van der Waals surface area contributed by atoms with E-state index in [9.17, 15) is 4.79 Å². The van der Waals surface area contributed by atoms with Gasteiger partial charge in [-0.3, -0.25) is 14.4 Å². The Kier molecular flexibility index (Phi) is 5.79. The Morgan fingerprint density at radius 3 is 2.60 bits per heavy atom. The van der Waals surface area contributed by atoms with Crippen molar-refractivity contribution in [3.05, 3.63) is 17.5 Å². The highest BCUT2D eigenvalue weighted by atomic mass is 16.5. The molecule has 6 heteroatoms. The van der Waals surface area contributed by atoms with E-state index < -0.39 is 0 Å². The van der Waals surface area contributed by atoms with Crippen molar-refractivity contribution in [2.45, 2.75) is 52.6 Å². The average molecular weight is 348 g/mol. The number of ether oxygens (including phenoxy) is 1. The molecule has 2 aliphatic rings. The SMILES string of the molecule is CC[C@@H]1CN(C(=O)c2cc(C(C)C)nn2CC)C[C@H]1N1CCOCC1. The predicted octanol–water partition coefficient (Wildman–Crippen LogP) is 2.21. The van der Waals surface area contributed by atoms with Gasteiger partial charge in [0.25, 0.3) is 5.91 Å². The summed E-state index contributed by atoms with van der Waals surface area (Å²) in [4.78, 5) is 17.7. The minimum absolute atomic E-state index is 0.135. The molecule has 0 N–H and O–H groups in total. The van der Waals surface area contributed by atoms with Gasteiger partial charge in [0, 0.05) is 38.8 Å². The standard InChI is InChI=1S/C19H32N4O2/c1-5-15-12-22(13-18(15)21-7-9-25-10-8-21)19(24)17-11-16(14(3)4)20-23(17)6-2/h11,14-15,18H,5-10,12-13H2,1-4H3/t15-,18-/m1/s1. The van der Waals surface area contributed by atoms with Gasteiger partial charge < -0.3 is 9.64 Å². The zero-order chi connectivity index (χ0) is 18.0. The van der Waals surface area contributed by atoms with Crippen molar-refractivity contribution in [2.75, 3.05) is 39.4 Å². The number of carbonyl (C=O) groups excluding carboxylic acids is 1. The number of carbonyl (C=O) groups is 1. The van der Waals surface area contributed by atoms with E-state index in [0.29, 0.717) is 17.9 Å². The fourth-order valence-electron chi connectivity index (χ4n) is 4.04. The second-order valence-corrected chi connectivity index (χ2v) is 7.52. The van der Waals surface area contributed by atoms with Crippen LogP contribution in [-0.4, -0.2) is 70.9 Å². The van der Waals surface area contributed by atoms with Crippen LogP contribution >= 0.6 is 0 Å². The van der Waals surface area contributed by atoms with Crippen molar-refractivity contribution in [2.24, 2.45) is 5.92 Å². The Balaban J connectivity index is 1.76. The number of hydrogen-bond acceptors (Lipinski definition) is 4. The largest absolute Gasteiger partial charge is 0.379 e. The van der Waals surface area contributed by atoms with Crippen LogP contribution in [0.4, 0.5) is 0 Å². The summed E-state index contributed by atoms with van der Waals surface area (Å²) >= 11 is 0. The monoisotopic (exact) mass is 348 g/mol. The van der Waals surface area contributed by atoms with Crippen LogP contribution in [0.25, 0.3) is 0 Å². The Bertz CT molecular complexity index is 592. The molecule has 0 bridgehead atoms. The Morgan fingerprint density at radius 1 is 1.28 bits per heavy atom. The van der Waals surface area contributed by atoms with Crippen LogP contribution in [0.15, 0.2) is 6.07 Å². The van der Waals surface area contributed by atoms with E-state index in [4.69, 9.17) is 4.74 Å². The van der Waals surface area contributed by atoms with Gasteiger partial charge in [0.05, 0.1) is 18.9 Å². The molecule has 0 radical (unpaired) electrons. The summed E-state index contributed by atoms with van der Waals surface area (Å²) in [6.45, 7) is 14.5. The van der Waals surface area contributed by atoms with Crippen LogP contribution in [0.1, 0.15) is 56.2 Å². The van der Waals surface area contributed by atoms with Crippen molar-refractivity contribution in [1.29, 1.82) is 0 Å². The average Bonchev–Trinajstić information content (AvgIpc) is 3.26. The third kappa shape index (κ3) is 3.75. The molecule has 2 atom stereocenters. The molecular formula is C19H32N4O2. The third-order valence-electron chi connectivity index (χ3n) is 5.64. The van der Waals surface area contributed by atoms with E-state index >= 15 is 0 Å². The molecule has 0 aliphatic carbocycles. The van der Waals surface area contributed by atoms with Crippen LogP contribution in [0.2, 0.25) is 0 Å². The number of morpholine rings is 1. The van der Waals surface area contributed by atoms with Gasteiger partial charge in [-0.2, -0.15) is 5.10 Å². The smallest absolute Gasteiger partial charge is 0.272 e. The fourth-order valence-corrected chi connectivity index (χ4v) is 4.04. The van der Waals surface area contributed by atoms with Gasteiger partial charge in [0.15, 0.2) is 0 Å². The van der Waals surface area contributed by atoms with Gasteiger partial charge in [0.1, 0.15) is 5.69 Å². The highest BCUT2D eigenvalue weighted by molar-refractivity contribution is 5.93. The summed E-state index contributed by atoms with van der Waals surface area (Å²) in [6.07, 6.45) is 1.11. The molecule has 2 fully saturated rings. The van der Waals surface area contributed by atoms with Gasteiger partial charge >= 0.3 is 0 Å². The molecule has 3 rings (SSSR count). The highest BCUT2D eigenvalue weighted by Crippen LogP contribution is 2.27. The number of likely N-dealkylation sites (tertiary alicyclic amines) is 1. The number of aromatic nitrogens is 2. The Hall–Kier alpha value is -1.40. The third-order valence-corrected chi connectivity index (χ3v) is 5.64. The van der Waals surface area contributed by atoms with Crippen LogP contribution in [0.5, 0.6) is 0 Å². The summed E-state index contributed by atoms with van der Waals surface area (Å²) in [5.41, 5.74) is 1.74. The van der Waals surface area contributed by atoms with Gasteiger partial charge in [-0.15, -0.1) is 0 Å². The van der Waals surface area contributed by atoms with E-state index in [0.717, 1.165) is 63.7 Å². The van der Waals surface area contributed by atoms with Crippen LogP contribution in [0, 0.1) is 5.92 Å². The maximum absolute atomic E-state index is 13.2. The van der Waals surface area contributed by atoms with E-state index in [-0.39, 0.29) is 5.91 Å². The van der Waals surface area contributed by atoms with Gasteiger partial charge in [-0.1, -0.05) is 27.2 Å². The normalized spacial score (nSPS) is 25.1. The number of aryl methyl sites for hydroxylation is 1. The minimum atomic E-state index is 0.135. The van der Waals surface area contributed by atoms with Gasteiger partial charge in [0.2, 0.25) is 0 Å². The van der Waals surface area contributed by atoms with E-state index in [1.165, 1.54) is 0 Å². The number of amides is 1. The lowest BCUT2D eigenvalue weighted by Crippen LogP contribution is -2.47. The van der Waals surface area contributed by atoms with Crippen LogP contribution in [-0.2, 0) is 11.3 Å². The van der Waals surface area contributed by atoms with Crippen molar-refractivity contribution >= 4 is 5.91 Å². The highest BCUT2D eigenvalue weighted by Gasteiger charge is 2.39. The minimum Gasteiger partial charge on any atom is -0.379 e. The maximum atomic E-state index is 13.2.